The summed E-state index contributed by atoms with van der Waals surface area (Å²) in [5.41, 5.74) is 1.01. The quantitative estimate of drug-likeness (QED) is 0.847. The number of rotatable bonds is 6. The lowest BCUT2D eigenvalue weighted by Gasteiger charge is -2.25. The van der Waals surface area contributed by atoms with Gasteiger partial charge in [0.15, 0.2) is 0 Å². The number of hydrogen-bond acceptors (Lipinski definition) is 3. The first-order valence-corrected chi connectivity index (χ1v) is 6.66. The van der Waals surface area contributed by atoms with Crippen LogP contribution in [0.4, 0.5) is 0 Å². The topological polar surface area (TPSA) is 43.7 Å². The standard InChI is InChI=1S/C13H19Cl2NO2/c1-9(17)6-16(7-10(2)18)8-11-3-4-12(14)13(15)5-11/h3-5,9-10,17-18H,6-8H2,1-2H3/t9-,10-/m0/s1. The molecule has 2 N–H and O–H groups in total. The van der Waals surface area contributed by atoms with Gasteiger partial charge in [-0.05, 0) is 31.5 Å². The second kappa shape index (κ2) is 7.31. The van der Waals surface area contributed by atoms with E-state index in [0.29, 0.717) is 29.7 Å². The predicted molar refractivity (Wildman–Crippen MR) is 75.1 cm³/mol. The van der Waals surface area contributed by atoms with Gasteiger partial charge in [-0.15, -0.1) is 0 Å². The highest BCUT2D eigenvalue weighted by atomic mass is 35.5. The Morgan fingerprint density at radius 2 is 1.61 bits per heavy atom. The zero-order valence-electron chi connectivity index (χ0n) is 10.6. The maximum Gasteiger partial charge on any atom is 0.0639 e. The van der Waals surface area contributed by atoms with Gasteiger partial charge in [0.1, 0.15) is 0 Å². The molecule has 1 rings (SSSR count). The number of benzene rings is 1. The molecule has 0 fully saturated rings. The van der Waals surface area contributed by atoms with Gasteiger partial charge in [0.2, 0.25) is 0 Å². The molecule has 0 saturated carbocycles. The van der Waals surface area contributed by atoms with Crippen LogP contribution < -0.4 is 0 Å². The maximum absolute atomic E-state index is 9.44. The van der Waals surface area contributed by atoms with Crippen molar-refractivity contribution in [1.82, 2.24) is 4.90 Å². The molecule has 18 heavy (non-hydrogen) atoms. The van der Waals surface area contributed by atoms with Crippen LogP contribution in [-0.4, -0.2) is 40.4 Å². The number of aliphatic hydroxyl groups excluding tert-OH is 2. The highest BCUT2D eigenvalue weighted by molar-refractivity contribution is 6.42. The van der Waals surface area contributed by atoms with Crippen LogP contribution in [0.1, 0.15) is 19.4 Å². The van der Waals surface area contributed by atoms with Gasteiger partial charge in [-0.25, -0.2) is 0 Å². The van der Waals surface area contributed by atoms with Gasteiger partial charge in [-0.2, -0.15) is 0 Å². The normalized spacial score (nSPS) is 14.8. The molecule has 0 aliphatic rings. The van der Waals surface area contributed by atoms with Crippen LogP contribution in [-0.2, 0) is 6.54 Å². The molecule has 0 saturated heterocycles. The minimum atomic E-state index is -0.438. The first-order chi connectivity index (χ1) is 8.38. The molecule has 0 heterocycles. The fourth-order valence-electron chi connectivity index (χ4n) is 1.85. The van der Waals surface area contributed by atoms with Crippen molar-refractivity contribution in [2.24, 2.45) is 0 Å². The number of hydrogen-bond donors (Lipinski definition) is 2. The van der Waals surface area contributed by atoms with E-state index in [2.05, 4.69) is 0 Å². The van der Waals surface area contributed by atoms with Crippen LogP contribution in [0.15, 0.2) is 18.2 Å². The summed E-state index contributed by atoms with van der Waals surface area (Å²) in [5, 5.41) is 19.9. The minimum absolute atomic E-state index is 0.438. The van der Waals surface area contributed by atoms with Crippen LogP contribution >= 0.6 is 23.2 Å². The molecular formula is C13H19Cl2NO2. The van der Waals surface area contributed by atoms with Crippen LogP contribution in [0.3, 0.4) is 0 Å². The van der Waals surface area contributed by atoms with Gasteiger partial charge >= 0.3 is 0 Å². The zero-order chi connectivity index (χ0) is 13.7. The number of halogens is 2. The van der Waals surface area contributed by atoms with Crippen molar-refractivity contribution in [2.45, 2.75) is 32.6 Å². The van der Waals surface area contributed by atoms with E-state index < -0.39 is 12.2 Å². The first-order valence-electron chi connectivity index (χ1n) is 5.91. The third kappa shape index (κ3) is 5.55. The Balaban J connectivity index is 2.71. The molecule has 0 bridgehead atoms. The Hall–Kier alpha value is -0.320. The minimum Gasteiger partial charge on any atom is -0.392 e. The molecule has 3 nitrogen and oxygen atoms in total. The Kier molecular flexibility index (Phi) is 6.39. The molecule has 0 aliphatic carbocycles. The Bertz CT molecular complexity index is 373. The maximum atomic E-state index is 9.44. The average Bonchev–Trinajstić information content (AvgIpc) is 2.21. The molecule has 0 radical (unpaired) electrons. The monoisotopic (exact) mass is 291 g/mol. The number of aliphatic hydroxyl groups is 2. The largest absolute Gasteiger partial charge is 0.392 e. The van der Waals surface area contributed by atoms with Crippen molar-refractivity contribution in [3.8, 4) is 0 Å². The van der Waals surface area contributed by atoms with Gasteiger partial charge in [0.25, 0.3) is 0 Å². The number of nitrogens with zero attached hydrogens (tertiary/aromatic N) is 1. The summed E-state index contributed by atoms with van der Waals surface area (Å²) < 4.78 is 0. The lowest BCUT2D eigenvalue weighted by molar-refractivity contribution is 0.0794. The summed E-state index contributed by atoms with van der Waals surface area (Å²) >= 11 is 11.8. The summed E-state index contributed by atoms with van der Waals surface area (Å²) in [4.78, 5) is 1.98. The summed E-state index contributed by atoms with van der Waals surface area (Å²) in [6.07, 6.45) is -0.877. The van der Waals surface area contributed by atoms with Gasteiger partial charge in [0, 0.05) is 19.6 Å². The molecule has 102 valence electrons. The van der Waals surface area contributed by atoms with Crippen LogP contribution in [0.2, 0.25) is 10.0 Å². The van der Waals surface area contributed by atoms with Crippen molar-refractivity contribution >= 4 is 23.2 Å². The zero-order valence-corrected chi connectivity index (χ0v) is 12.1. The van der Waals surface area contributed by atoms with Gasteiger partial charge in [-0.1, -0.05) is 29.3 Å². The molecule has 1 aromatic carbocycles. The average molecular weight is 292 g/mol. The Morgan fingerprint density at radius 1 is 1.06 bits per heavy atom. The van der Waals surface area contributed by atoms with E-state index in [-0.39, 0.29) is 0 Å². The molecule has 0 amide bonds. The highest BCUT2D eigenvalue weighted by Gasteiger charge is 2.12. The molecule has 0 unspecified atom stereocenters. The summed E-state index contributed by atoms with van der Waals surface area (Å²) in [6.45, 7) is 5.08. The molecular weight excluding hydrogens is 273 g/mol. The van der Waals surface area contributed by atoms with Gasteiger partial charge < -0.3 is 10.2 Å². The van der Waals surface area contributed by atoms with E-state index in [0.717, 1.165) is 5.56 Å². The van der Waals surface area contributed by atoms with Crippen molar-refractivity contribution in [2.75, 3.05) is 13.1 Å². The SMILES string of the molecule is C[C@H](O)CN(Cc1ccc(Cl)c(Cl)c1)C[C@H](C)O. The Labute approximate surface area is 118 Å². The second-order valence-electron chi connectivity index (χ2n) is 4.64. The lowest BCUT2D eigenvalue weighted by atomic mass is 10.2. The third-order valence-electron chi connectivity index (χ3n) is 2.44. The van der Waals surface area contributed by atoms with E-state index in [9.17, 15) is 10.2 Å². The fourth-order valence-corrected chi connectivity index (χ4v) is 2.17. The van der Waals surface area contributed by atoms with Crippen molar-refractivity contribution < 1.29 is 10.2 Å². The van der Waals surface area contributed by atoms with Gasteiger partial charge in [0.05, 0.1) is 22.3 Å². The van der Waals surface area contributed by atoms with Gasteiger partial charge in [-0.3, -0.25) is 4.90 Å². The molecule has 0 spiro atoms. The smallest absolute Gasteiger partial charge is 0.0639 e. The molecule has 2 atom stereocenters. The summed E-state index contributed by atoms with van der Waals surface area (Å²) in [6, 6.07) is 5.45. The molecule has 1 aromatic rings. The lowest BCUT2D eigenvalue weighted by Crippen LogP contribution is -2.35. The fraction of sp³-hybridized carbons (Fsp3) is 0.538. The second-order valence-corrected chi connectivity index (χ2v) is 5.45. The highest BCUT2D eigenvalue weighted by Crippen LogP contribution is 2.23. The van der Waals surface area contributed by atoms with Crippen molar-refractivity contribution in [3.63, 3.8) is 0 Å². The van der Waals surface area contributed by atoms with Crippen LogP contribution in [0, 0.1) is 0 Å². The van der Waals surface area contributed by atoms with E-state index in [1.54, 1.807) is 26.0 Å². The molecule has 5 heteroatoms. The third-order valence-corrected chi connectivity index (χ3v) is 3.17. The predicted octanol–water partition coefficient (Wildman–Crippen LogP) is 2.56. The summed E-state index contributed by atoms with van der Waals surface area (Å²) in [7, 11) is 0. The molecule has 0 aliphatic heterocycles. The van der Waals surface area contributed by atoms with Crippen molar-refractivity contribution in [3.05, 3.63) is 33.8 Å². The van der Waals surface area contributed by atoms with Crippen molar-refractivity contribution in [1.29, 1.82) is 0 Å². The Morgan fingerprint density at radius 3 is 2.06 bits per heavy atom. The van der Waals surface area contributed by atoms with E-state index >= 15 is 0 Å². The van der Waals surface area contributed by atoms with E-state index in [1.807, 2.05) is 11.0 Å². The van der Waals surface area contributed by atoms with Crippen LogP contribution in [0.25, 0.3) is 0 Å². The van der Waals surface area contributed by atoms with E-state index in [4.69, 9.17) is 23.2 Å². The van der Waals surface area contributed by atoms with E-state index in [1.165, 1.54) is 0 Å². The van der Waals surface area contributed by atoms with Crippen LogP contribution in [0.5, 0.6) is 0 Å². The molecule has 0 aromatic heterocycles. The summed E-state index contributed by atoms with van der Waals surface area (Å²) in [5.74, 6) is 0. The first kappa shape index (κ1) is 15.7.